The second kappa shape index (κ2) is 10.3. The molecule has 6 nitrogen and oxygen atoms in total. The van der Waals surface area contributed by atoms with Crippen molar-refractivity contribution in [1.82, 2.24) is 5.32 Å². The van der Waals surface area contributed by atoms with E-state index >= 15 is 0 Å². The normalized spacial score (nSPS) is 15.2. The molecule has 4 N–H and O–H groups in total. The van der Waals surface area contributed by atoms with Crippen LogP contribution < -0.4 is 16.4 Å². The first-order valence-corrected chi connectivity index (χ1v) is 12.5. The summed E-state index contributed by atoms with van der Waals surface area (Å²) in [4.78, 5) is 25.6. The van der Waals surface area contributed by atoms with E-state index in [0.29, 0.717) is 43.6 Å². The molecule has 10 heteroatoms. The van der Waals surface area contributed by atoms with E-state index in [4.69, 9.17) is 45.6 Å². The van der Waals surface area contributed by atoms with Crippen LogP contribution in [0.15, 0.2) is 40.8 Å². The van der Waals surface area contributed by atoms with Crippen molar-refractivity contribution in [2.45, 2.75) is 26.2 Å². The number of carbonyl (C=O) groups is 2. The zero-order chi connectivity index (χ0) is 24.4. The molecular formula is C24H21Cl2N3O3S2. The summed E-state index contributed by atoms with van der Waals surface area (Å²) in [6.07, 6.45) is 5.53. The number of rotatable bonds is 5. The molecule has 1 aliphatic carbocycles. The molecule has 3 aromatic rings. The number of furan rings is 1. The maximum Gasteiger partial charge on any atom is 0.251 e. The minimum Gasteiger partial charge on any atom is -0.457 e. The number of thiophene rings is 1. The highest BCUT2D eigenvalue weighted by atomic mass is 35.5. The maximum atomic E-state index is 12.4. The molecule has 176 valence electrons. The molecule has 1 atom stereocenters. The Hall–Kier alpha value is -2.65. The summed E-state index contributed by atoms with van der Waals surface area (Å²) in [6, 6.07) is 8.58. The quantitative estimate of drug-likeness (QED) is 0.273. The molecule has 34 heavy (non-hydrogen) atoms. The molecule has 2 amide bonds. The topological polar surface area (TPSA) is 97.4 Å². The van der Waals surface area contributed by atoms with Crippen LogP contribution in [0.25, 0.3) is 17.4 Å². The van der Waals surface area contributed by atoms with Crippen LogP contribution in [0.2, 0.25) is 10.0 Å². The van der Waals surface area contributed by atoms with Gasteiger partial charge in [0, 0.05) is 21.5 Å². The smallest absolute Gasteiger partial charge is 0.251 e. The summed E-state index contributed by atoms with van der Waals surface area (Å²) in [5, 5.41) is 7.18. The Balaban J connectivity index is 1.40. The van der Waals surface area contributed by atoms with Gasteiger partial charge in [0.1, 0.15) is 16.5 Å². The van der Waals surface area contributed by atoms with Gasteiger partial charge in [0.15, 0.2) is 5.11 Å². The number of primary amides is 1. The second-order valence-electron chi connectivity index (χ2n) is 8.02. The average molecular weight is 534 g/mol. The predicted octanol–water partition coefficient (Wildman–Crippen LogP) is 6.07. The third-order valence-corrected chi connectivity index (χ3v) is 7.37. The molecule has 2 aromatic heterocycles. The third kappa shape index (κ3) is 5.52. The largest absolute Gasteiger partial charge is 0.457 e. The van der Waals surface area contributed by atoms with Crippen LogP contribution in [-0.2, 0) is 17.6 Å². The van der Waals surface area contributed by atoms with E-state index in [-0.39, 0.29) is 5.11 Å². The van der Waals surface area contributed by atoms with E-state index in [1.165, 1.54) is 23.5 Å². The minimum absolute atomic E-state index is 0.0804. The summed E-state index contributed by atoms with van der Waals surface area (Å²) < 4.78 is 5.75. The van der Waals surface area contributed by atoms with Crippen LogP contribution in [0.4, 0.5) is 5.00 Å². The summed E-state index contributed by atoms with van der Waals surface area (Å²) in [6.45, 7) is 2.18. The number of fused-ring (bicyclic) bond motifs is 1. The van der Waals surface area contributed by atoms with Gasteiger partial charge < -0.3 is 15.5 Å². The average Bonchev–Trinajstić information content (AvgIpc) is 3.36. The number of carbonyl (C=O) groups excluding carboxylic acids is 2. The van der Waals surface area contributed by atoms with Crippen LogP contribution in [0.5, 0.6) is 0 Å². The van der Waals surface area contributed by atoms with Crippen molar-refractivity contribution in [2.24, 2.45) is 11.7 Å². The van der Waals surface area contributed by atoms with Gasteiger partial charge in [-0.1, -0.05) is 30.1 Å². The van der Waals surface area contributed by atoms with E-state index in [1.807, 2.05) is 0 Å². The summed E-state index contributed by atoms with van der Waals surface area (Å²) in [7, 11) is 0. The molecule has 0 fully saturated rings. The van der Waals surface area contributed by atoms with Crippen molar-refractivity contribution in [3.63, 3.8) is 0 Å². The Bertz CT molecular complexity index is 1310. The van der Waals surface area contributed by atoms with Gasteiger partial charge in [0.2, 0.25) is 5.91 Å². The number of thiocarbonyl (C=S) groups is 1. The molecular weight excluding hydrogens is 513 g/mol. The zero-order valence-electron chi connectivity index (χ0n) is 18.1. The van der Waals surface area contributed by atoms with E-state index in [0.717, 1.165) is 29.7 Å². The van der Waals surface area contributed by atoms with Crippen molar-refractivity contribution < 1.29 is 14.0 Å². The number of amides is 2. The fraction of sp³-hybridized carbons (Fsp3) is 0.208. The highest BCUT2D eigenvalue weighted by Gasteiger charge is 2.26. The maximum absolute atomic E-state index is 12.4. The highest BCUT2D eigenvalue weighted by molar-refractivity contribution is 7.80. The van der Waals surface area contributed by atoms with Gasteiger partial charge in [-0.05, 0) is 79.4 Å². The number of halogens is 2. The lowest BCUT2D eigenvalue weighted by molar-refractivity contribution is -0.115. The Kier molecular flexibility index (Phi) is 7.42. The predicted molar refractivity (Wildman–Crippen MR) is 142 cm³/mol. The molecule has 0 radical (unpaired) electrons. The van der Waals surface area contributed by atoms with Crippen molar-refractivity contribution in [3.8, 4) is 11.3 Å². The summed E-state index contributed by atoms with van der Waals surface area (Å²) >= 11 is 18.9. The van der Waals surface area contributed by atoms with E-state index in [9.17, 15) is 9.59 Å². The second-order valence-corrected chi connectivity index (χ2v) is 10.4. The van der Waals surface area contributed by atoms with Crippen molar-refractivity contribution in [3.05, 3.63) is 68.2 Å². The lowest BCUT2D eigenvalue weighted by atomic mass is 9.88. The van der Waals surface area contributed by atoms with Crippen LogP contribution >= 0.6 is 46.8 Å². The Labute approximate surface area is 216 Å². The Morgan fingerprint density at radius 2 is 2.06 bits per heavy atom. The molecule has 0 saturated carbocycles. The first-order chi connectivity index (χ1) is 16.2. The van der Waals surface area contributed by atoms with Crippen LogP contribution in [0.3, 0.4) is 0 Å². The molecule has 4 rings (SSSR count). The zero-order valence-corrected chi connectivity index (χ0v) is 21.3. The molecule has 0 unspecified atom stereocenters. The number of anilines is 1. The Morgan fingerprint density at radius 3 is 2.79 bits per heavy atom. The van der Waals surface area contributed by atoms with Gasteiger partial charge in [-0.3, -0.25) is 14.9 Å². The van der Waals surface area contributed by atoms with Crippen molar-refractivity contribution in [1.29, 1.82) is 0 Å². The van der Waals surface area contributed by atoms with Gasteiger partial charge in [0.05, 0.1) is 10.6 Å². The molecule has 0 saturated heterocycles. The van der Waals surface area contributed by atoms with Crippen LogP contribution in [0, 0.1) is 5.92 Å². The lowest BCUT2D eigenvalue weighted by Crippen LogP contribution is -2.33. The van der Waals surface area contributed by atoms with Crippen molar-refractivity contribution >= 4 is 74.8 Å². The molecule has 1 aromatic carbocycles. The molecule has 1 aliphatic rings. The number of hydrogen-bond acceptors (Lipinski definition) is 5. The monoisotopic (exact) mass is 533 g/mol. The highest BCUT2D eigenvalue weighted by Crippen LogP contribution is 2.39. The molecule has 0 aliphatic heterocycles. The molecule has 0 spiro atoms. The number of nitrogens with two attached hydrogens (primary N) is 1. The van der Waals surface area contributed by atoms with Gasteiger partial charge in [-0.15, -0.1) is 11.3 Å². The van der Waals surface area contributed by atoms with Crippen LogP contribution in [0.1, 0.15) is 39.9 Å². The first kappa shape index (κ1) is 24.5. The summed E-state index contributed by atoms with van der Waals surface area (Å²) in [5.41, 5.74) is 7.77. The lowest BCUT2D eigenvalue weighted by Gasteiger charge is -2.18. The molecule has 2 heterocycles. The van der Waals surface area contributed by atoms with Gasteiger partial charge >= 0.3 is 0 Å². The third-order valence-electron chi connectivity index (χ3n) is 5.44. The fourth-order valence-corrected chi connectivity index (χ4v) is 6.01. The van der Waals surface area contributed by atoms with E-state index in [2.05, 4.69) is 17.6 Å². The molecule has 0 bridgehead atoms. The van der Waals surface area contributed by atoms with E-state index in [1.54, 1.807) is 30.3 Å². The first-order valence-electron chi connectivity index (χ1n) is 10.5. The fourth-order valence-electron chi connectivity index (χ4n) is 3.82. The van der Waals surface area contributed by atoms with Gasteiger partial charge in [-0.2, -0.15) is 0 Å². The van der Waals surface area contributed by atoms with Gasteiger partial charge in [-0.25, -0.2) is 0 Å². The summed E-state index contributed by atoms with van der Waals surface area (Å²) in [5.74, 6) is 0.614. The number of benzene rings is 1. The standard InChI is InChI=1S/C24H21Cl2N3O3S2/c1-12-2-6-16-19(10-12)34-23(21(16)22(27)31)29-24(33)28-20(30)9-5-14-4-8-18(32-14)15-7-3-13(25)11-17(15)26/h3-5,7-9,11-12H,2,6,10H2,1H3,(H2,27,31)(H2,28,29,30,33)/b9-5+/t12-/m1/s1. The van der Waals surface area contributed by atoms with E-state index < -0.39 is 11.8 Å². The van der Waals surface area contributed by atoms with Gasteiger partial charge in [0.25, 0.3) is 5.91 Å². The van der Waals surface area contributed by atoms with Crippen LogP contribution in [-0.4, -0.2) is 16.9 Å². The number of nitrogens with one attached hydrogen (secondary N) is 2. The van der Waals surface area contributed by atoms with Crippen molar-refractivity contribution in [2.75, 3.05) is 5.32 Å². The minimum atomic E-state index is -0.502. The SMILES string of the molecule is C[C@@H]1CCc2c(sc(NC(=S)NC(=O)/C=C/c3ccc(-c4ccc(Cl)cc4Cl)o3)c2C(N)=O)C1. The number of hydrogen-bond donors (Lipinski definition) is 3. The Morgan fingerprint density at radius 1 is 1.26 bits per heavy atom.